The fraction of sp³-hybridized carbons (Fsp3) is 0.389. The van der Waals surface area contributed by atoms with Gasteiger partial charge >= 0.3 is 0 Å². The second-order valence-corrected chi connectivity index (χ2v) is 6.05. The van der Waals surface area contributed by atoms with Crippen LogP contribution in [0.2, 0.25) is 5.15 Å². The molecule has 140 valence electrons. The quantitative estimate of drug-likeness (QED) is 0.512. The van der Waals surface area contributed by atoms with Crippen molar-refractivity contribution in [3.05, 3.63) is 53.1 Å². The summed E-state index contributed by atoms with van der Waals surface area (Å²) in [6.45, 7) is 3.08. The molecule has 2 unspecified atom stereocenters. The van der Waals surface area contributed by atoms with Gasteiger partial charge in [0, 0.05) is 25.8 Å². The van der Waals surface area contributed by atoms with Crippen LogP contribution < -0.4 is 10.1 Å². The predicted octanol–water partition coefficient (Wildman–Crippen LogP) is 2.11. The molecule has 2 N–H and O–H groups in total. The van der Waals surface area contributed by atoms with Crippen LogP contribution in [0.15, 0.2) is 36.5 Å². The monoisotopic (exact) mass is 379 g/mol. The Labute approximate surface area is 157 Å². The van der Waals surface area contributed by atoms with Crippen molar-refractivity contribution in [1.29, 1.82) is 0 Å². The molecule has 0 spiro atoms. The Bertz CT molecular complexity index is 729. The van der Waals surface area contributed by atoms with E-state index in [1.165, 1.54) is 0 Å². The molecule has 2 aromatic heterocycles. The first-order valence-corrected chi connectivity index (χ1v) is 8.55. The van der Waals surface area contributed by atoms with Crippen molar-refractivity contribution < 1.29 is 19.4 Å². The standard InChI is InChI=1S/C18H22ClN3O4/c1-12(16-14(6-4-8-20-16)26-10-9-25-2)11-21-18(24)17(23)13-5-3-7-15(19)22-13/h3-8,12,17,23H,9-11H2,1-2H3,(H,21,24). The maximum atomic E-state index is 12.2. The number of amides is 1. The number of hydrogen-bond donors (Lipinski definition) is 2. The molecule has 7 nitrogen and oxygen atoms in total. The molecule has 8 heteroatoms. The lowest BCUT2D eigenvalue weighted by atomic mass is 10.1. The molecule has 0 saturated carbocycles. The molecule has 0 saturated heterocycles. The van der Waals surface area contributed by atoms with Gasteiger partial charge in [-0.1, -0.05) is 24.6 Å². The van der Waals surface area contributed by atoms with E-state index in [-0.39, 0.29) is 23.3 Å². The zero-order valence-electron chi connectivity index (χ0n) is 14.7. The molecule has 0 aliphatic rings. The largest absolute Gasteiger partial charge is 0.489 e. The molecule has 2 rings (SSSR count). The van der Waals surface area contributed by atoms with Gasteiger partial charge in [0.2, 0.25) is 0 Å². The summed E-state index contributed by atoms with van der Waals surface area (Å²) in [6, 6.07) is 8.35. The predicted molar refractivity (Wildman–Crippen MR) is 97.2 cm³/mol. The maximum absolute atomic E-state index is 12.2. The zero-order valence-corrected chi connectivity index (χ0v) is 15.4. The fourth-order valence-electron chi connectivity index (χ4n) is 2.29. The summed E-state index contributed by atoms with van der Waals surface area (Å²) in [5, 5.41) is 13.0. The number of pyridine rings is 2. The van der Waals surface area contributed by atoms with Crippen LogP contribution >= 0.6 is 11.6 Å². The number of aromatic nitrogens is 2. The minimum atomic E-state index is -1.39. The van der Waals surface area contributed by atoms with E-state index in [0.717, 1.165) is 5.69 Å². The number of halogens is 1. The van der Waals surface area contributed by atoms with Crippen LogP contribution in [0.25, 0.3) is 0 Å². The van der Waals surface area contributed by atoms with Gasteiger partial charge in [0.15, 0.2) is 6.10 Å². The first-order valence-electron chi connectivity index (χ1n) is 8.17. The Morgan fingerprint density at radius 2 is 2.12 bits per heavy atom. The molecule has 2 atom stereocenters. The smallest absolute Gasteiger partial charge is 0.255 e. The number of ether oxygens (including phenoxy) is 2. The van der Waals surface area contributed by atoms with E-state index in [2.05, 4.69) is 15.3 Å². The summed E-state index contributed by atoms with van der Waals surface area (Å²) in [7, 11) is 1.60. The van der Waals surface area contributed by atoms with Gasteiger partial charge in [0.25, 0.3) is 5.91 Å². The van der Waals surface area contributed by atoms with Crippen molar-refractivity contribution in [1.82, 2.24) is 15.3 Å². The molecular weight excluding hydrogens is 358 g/mol. The number of aliphatic hydroxyl groups excluding tert-OH is 1. The Kier molecular flexibility index (Phi) is 7.77. The molecule has 1 amide bonds. The summed E-state index contributed by atoms with van der Waals surface area (Å²) in [5.41, 5.74) is 0.920. The van der Waals surface area contributed by atoms with Crippen molar-refractivity contribution in [2.45, 2.75) is 18.9 Å². The molecular formula is C18H22ClN3O4. The van der Waals surface area contributed by atoms with E-state index in [9.17, 15) is 9.90 Å². The number of carbonyl (C=O) groups excluding carboxylic acids is 1. The second kappa shape index (κ2) is 10.1. The van der Waals surface area contributed by atoms with Gasteiger partial charge < -0.3 is 19.9 Å². The number of methoxy groups -OCH3 is 1. The number of nitrogens with zero attached hydrogens (tertiary/aromatic N) is 2. The minimum absolute atomic E-state index is 0.114. The molecule has 0 aromatic carbocycles. The Hall–Kier alpha value is -2.22. The normalized spacial score (nSPS) is 13.1. The summed E-state index contributed by atoms with van der Waals surface area (Å²) >= 11 is 5.79. The number of aliphatic hydroxyl groups is 1. The van der Waals surface area contributed by atoms with Crippen molar-refractivity contribution in [2.24, 2.45) is 0 Å². The Balaban J connectivity index is 1.95. The molecule has 2 heterocycles. The lowest BCUT2D eigenvalue weighted by molar-refractivity contribution is -0.129. The molecule has 0 fully saturated rings. The Morgan fingerprint density at radius 3 is 2.85 bits per heavy atom. The van der Waals surface area contributed by atoms with E-state index < -0.39 is 12.0 Å². The zero-order chi connectivity index (χ0) is 18.9. The number of rotatable bonds is 9. The van der Waals surface area contributed by atoms with Gasteiger partial charge in [0.05, 0.1) is 18.0 Å². The van der Waals surface area contributed by atoms with Crippen molar-refractivity contribution in [3.8, 4) is 5.75 Å². The van der Waals surface area contributed by atoms with Crippen LogP contribution in [0.3, 0.4) is 0 Å². The van der Waals surface area contributed by atoms with E-state index in [4.69, 9.17) is 21.1 Å². The average Bonchev–Trinajstić information content (AvgIpc) is 2.65. The highest BCUT2D eigenvalue weighted by molar-refractivity contribution is 6.29. The molecule has 0 radical (unpaired) electrons. The van der Waals surface area contributed by atoms with Crippen LogP contribution in [0.4, 0.5) is 0 Å². The molecule has 26 heavy (non-hydrogen) atoms. The SMILES string of the molecule is COCCOc1cccnc1C(C)CNC(=O)C(O)c1cccc(Cl)n1. The number of hydrogen-bond acceptors (Lipinski definition) is 6. The molecule has 0 aliphatic carbocycles. The summed E-state index contributed by atoms with van der Waals surface area (Å²) in [4.78, 5) is 20.5. The third-order valence-corrected chi connectivity index (χ3v) is 3.87. The highest BCUT2D eigenvalue weighted by Gasteiger charge is 2.21. The van der Waals surface area contributed by atoms with Gasteiger partial charge in [-0.2, -0.15) is 0 Å². The molecule has 2 aromatic rings. The average molecular weight is 380 g/mol. The summed E-state index contributed by atoms with van der Waals surface area (Å²) in [5.74, 6) is -0.0232. The number of carbonyl (C=O) groups is 1. The Morgan fingerprint density at radius 1 is 1.31 bits per heavy atom. The highest BCUT2D eigenvalue weighted by atomic mass is 35.5. The lowest BCUT2D eigenvalue weighted by Gasteiger charge is -2.17. The maximum Gasteiger partial charge on any atom is 0.255 e. The van der Waals surface area contributed by atoms with Crippen LogP contribution in [0.1, 0.15) is 30.3 Å². The van der Waals surface area contributed by atoms with E-state index >= 15 is 0 Å². The third kappa shape index (κ3) is 5.66. The second-order valence-electron chi connectivity index (χ2n) is 5.66. The number of nitrogens with one attached hydrogen (secondary N) is 1. The topological polar surface area (TPSA) is 93.6 Å². The highest BCUT2D eigenvalue weighted by Crippen LogP contribution is 2.24. The van der Waals surface area contributed by atoms with Crippen molar-refractivity contribution in [3.63, 3.8) is 0 Å². The van der Waals surface area contributed by atoms with Gasteiger partial charge in [0.1, 0.15) is 17.5 Å². The van der Waals surface area contributed by atoms with E-state index in [0.29, 0.717) is 19.0 Å². The molecule has 0 aliphatic heterocycles. The van der Waals surface area contributed by atoms with Crippen LogP contribution in [0.5, 0.6) is 5.75 Å². The summed E-state index contributed by atoms with van der Waals surface area (Å²) < 4.78 is 10.6. The van der Waals surface area contributed by atoms with Gasteiger partial charge in [-0.25, -0.2) is 4.98 Å². The molecule has 0 bridgehead atoms. The van der Waals surface area contributed by atoms with Gasteiger partial charge in [-0.15, -0.1) is 0 Å². The van der Waals surface area contributed by atoms with Crippen LogP contribution in [-0.4, -0.2) is 47.8 Å². The summed E-state index contributed by atoms with van der Waals surface area (Å²) in [6.07, 6.45) is 0.281. The lowest BCUT2D eigenvalue weighted by Crippen LogP contribution is -2.32. The van der Waals surface area contributed by atoms with Gasteiger partial charge in [-0.3, -0.25) is 9.78 Å². The van der Waals surface area contributed by atoms with Crippen LogP contribution in [-0.2, 0) is 9.53 Å². The van der Waals surface area contributed by atoms with E-state index in [1.54, 1.807) is 37.6 Å². The van der Waals surface area contributed by atoms with Crippen molar-refractivity contribution in [2.75, 3.05) is 26.9 Å². The first-order chi connectivity index (χ1) is 12.5. The van der Waals surface area contributed by atoms with Crippen molar-refractivity contribution >= 4 is 17.5 Å². The first kappa shape index (κ1) is 20.1. The third-order valence-electron chi connectivity index (χ3n) is 3.66. The minimum Gasteiger partial charge on any atom is -0.489 e. The van der Waals surface area contributed by atoms with E-state index in [1.807, 2.05) is 13.0 Å². The van der Waals surface area contributed by atoms with Gasteiger partial charge in [-0.05, 0) is 24.3 Å². The fourth-order valence-corrected chi connectivity index (χ4v) is 2.46. The van der Waals surface area contributed by atoms with Crippen LogP contribution in [0, 0.1) is 0 Å².